The van der Waals surface area contributed by atoms with Crippen molar-refractivity contribution in [3.63, 3.8) is 0 Å². The number of ether oxygens (including phenoxy) is 2. The molecule has 160 valence electrons. The van der Waals surface area contributed by atoms with Crippen LogP contribution in [0.1, 0.15) is 31.2 Å². The molecule has 0 aliphatic heterocycles. The van der Waals surface area contributed by atoms with Crippen molar-refractivity contribution in [1.29, 1.82) is 0 Å². The van der Waals surface area contributed by atoms with Gasteiger partial charge in [0.15, 0.2) is 11.5 Å². The molecule has 1 aliphatic rings. The number of aromatic nitrogens is 1. The van der Waals surface area contributed by atoms with E-state index in [1.807, 2.05) is 41.3 Å². The fourth-order valence-electron chi connectivity index (χ4n) is 3.89. The summed E-state index contributed by atoms with van der Waals surface area (Å²) in [4.78, 5) is 17.2. The second-order valence-corrected chi connectivity index (χ2v) is 7.58. The number of methoxy groups -OCH3 is 1. The first-order valence-corrected chi connectivity index (χ1v) is 10.4. The number of rotatable bonds is 8. The molecular weight excluding hydrogens is 394 g/mol. The molecule has 3 aromatic rings. The Kier molecular flexibility index (Phi) is 6.31. The zero-order valence-corrected chi connectivity index (χ0v) is 17.4. The topological polar surface area (TPSA) is 77.7 Å². The first-order chi connectivity index (χ1) is 15.1. The van der Waals surface area contributed by atoms with Gasteiger partial charge in [0.1, 0.15) is 0 Å². The van der Waals surface area contributed by atoms with Crippen LogP contribution >= 0.6 is 0 Å². The molecule has 1 aliphatic carbocycles. The van der Waals surface area contributed by atoms with Crippen molar-refractivity contribution in [2.45, 2.75) is 38.3 Å². The van der Waals surface area contributed by atoms with Crippen LogP contribution < -0.4 is 14.4 Å². The fourth-order valence-corrected chi connectivity index (χ4v) is 3.89. The SMILES string of the molecule is COc1ccc(N(Cc2cccnc2)c2cccc([N+](=O)[O-])c2)cc1OC1CCCC1. The lowest BCUT2D eigenvalue weighted by Crippen LogP contribution is -2.17. The fraction of sp³-hybridized carbons (Fsp3) is 0.292. The van der Waals surface area contributed by atoms with Gasteiger partial charge in [0.25, 0.3) is 5.69 Å². The van der Waals surface area contributed by atoms with Gasteiger partial charge < -0.3 is 14.4 Å². The third-order valence-corrected chi connectivity index (χ3v) is 5.47. The Morgan fingerprint density at radius 2 is 1.87 bits per heavy atom. The number of non-ortho nitro benzene ring substituents is 1. The molecule has 0 radical (unpaired) electrons. The molecule has 0 bridgehead atoms. The molecule has 0 saturated heterocycles. The van der Waals surface area contributed by atoms with Crippen molar-refractivity contribution in [3.05, 3.63) is 82.7 Å². The second kappa shape index (κ2) is 9.47. The molecule has 0 amide bonds. The standard InChI is InChI=1S/C24H25N3O4/c1-30-23-12-11-20(15-24(23)31-22-9-2-3-10-22)26(17-18-6-5-13-25-16-18)19-7-4-8-21(14-19)27(28)29/h4-8,11-16,22H,2-3,9-10,17H2,1H3. The minimum absolute atomic E-state index is 0.0460. The van der Waals surface area contributed by atoms with Gasteiger partial charge in [0, 0.05) is 48.5 Å². The highest BCUT2D eigenvalue weighted by Gasteiger charge is 2.21. The quantitative estimate of drug-likeness (QED) is 0.346. The molecule has 2 aromatic carbocycles. The zero-order valence-electron chi connectivity index (χ0n) is 17.4. The number of nitro groups is 1. The van der Waals surface area contributed by atoms with E-state index in [9.17, 15) is 10.1 Å². The van der Waals surface area contributed by atoms with E-state index in [0.717, 1.165) is 29.8 Å². The molecule has 4 rings (SSSR count). The van der Waals surface area contributed by atoms with Gasteiger partial charge in [-0.15, -0.1) is 0 Å². The third-order valence-electron chi connectivity index (χ3n) is 5.47. The van der Waals surface area contributed by atoms with Crippen molar-refractivity contribution < 1.29 is 14.4 Å². The van der Waals surface area contributed by atoms with Crippen LogP contribution in [0.2, 0.25) is 0 Å². The first kappa shape index (κ1) is 20.7. The molecule has 0 N–H and O–H groups in total. The predicted octanol–water partition coefficient (Wildman–Crippen LogP) is 5.66. The van der Waals surface area contributed by atoms with Crippen molar-refractivity contribution in [2.24, 2.45) is 0 Å². The molecule has 7 heteroatoms. The van der Waals surface area contributed by atoms with Crippen LogP contribution in [0.15, 0.2) is 67.0 Å². The maximum Gasteiger partial charge on any atom is 0.271 e. The molecular formula is C24H25N3O4. The van der Waals surface area contributed by atoms with Gasteiger partial charge in [-0.2, -0.15) is 0 Å². The number of nitro benzene ring substituents is 1. The van der Waals surface area contributed by atoms with Crippen molar-refractivity contribution in [3.8, 4) is 11.5 Å². The Morgan fingerprint density at radius 1 is 1.06 bits per heavy atom. The number of anilines is 2. The number of pyridine rings is 1. The monoisotopic (exact) mass is 419 g/mol. The van der Waals surface area contributed by atoms with E-state index >= 15 is 0 Å². The van der Waals surface area contributed by atoms with Crippen LogP contribution in [0.25, 0.3) is 0 Å². The van der Waals surface area contributed by atoms with E-state index in [0.29, 0.717) is 18.0 Å². The molecule has 1 aromatic heterocycles. The van der Waals surface area contributed by atoms with Crippen molar-refractivity contribution >= 4 is 17.1 Å². The van der Waals surface area contributed by atoms with E-state index in [4.69, 9.17) is 9.47 Å². The summed E-state index contributed by atoms with van der Waals surface area (Å²) in [5.41, 5.74) is 2.61. The second-order valence-electron chi connectivity index (χ2n) is 7.58. The molecule has 31 heavy (non-hydrogen) atoms. The summed E-state index contributed by atoms with van der Waals surface area (Å²) in [5, 5.41) is 11.3. The molecule has 1 fully saturated rings. The van der Waals surface area contributed by atoms with Crippen LogP contribution in [0.3, 0.4) is 0 Å². The Bertz CT molecular complexity index is 1040. The summed E-state index contributed by atoms with van der Waals surface area (Å²) in [6.07, 6.45) is 8.14. The van der Waals surface area contributed by atoms with Crippen LogP contribution in [-0.2, 0) is 6.54 Å². The minimum Gasteiger partial charge on any atom is -0.493 e. The van der Waals surface area contributed by atoms with E-state index in [-0.39, 0.29) is 16.7 Å². The van der Waals surface area contributed by atoms with Crippen molar-refractivity contribution in [1.82, 2.24) is 4.98 Å². The molecule has 7 nitrogen and oxygen atoms in total. The van der Waals surface area contributed by atoms with E-state index in [1.165, 1.54) is 18.9 Å². The first-order valence-electron chi connectivity index (χ1n) is 10.4. The van der Waals surface area contributed by atoms with E-state index < -0.39 is 0 Å². The van der Waals surface area contributed by atoms with Gasteiger partial charge in [0.2, 0.25) is 0 Å². The summed E-state index contributed by atoms with van der Waals surface area (Å²) < 4.78 is 11.8. The van der Waals surface area contributed by atoms with E-state index in [1.54, 1.807) is 31.6 Å². The number of hydrogen-bond acceptors (Lipinski definition) is 6. The third kappa shape index (κ3) is 4.94. The molecule has 0 unspecified atom stereocenters. The lowest BCUT2D eigenvalue weighted by Gasteiger charge is -2.26. The lowest BCUT2D eigenvalue weighted by atomic mass is 10.1. The lowest BCUT2D eigenvalue weighted by molar-refractivity contribution is -0.384. The molecule has 1 saturated carbocycles. The Morgan fingerprint density at radius 3 is 2.58 bits per heavy atom. The van der Waals surface area contributed by atoms with Gasteiger partial charge in [-0.3, -0.25) is 15.1 Å². The normalized spacial score (nSPS) is 13.7. The predicted molar refractivity (Wildman–Crippen MR) is 119 cm³/mol. The summed E-state index contributed by atoms with van der Waals surface area (Å²) in [7, 11) is 1.63. The van der Waals surface area contributed by atoms with Crippen LogP contribution in [-0.4, -0.2) is 23.1 Å². The maximum absolute atomic E-state index is 11.3. The zero-order chi connectivity index (χ0) is 21.6. The Hall–Kier alpha value is -3.61. The largest absolute Gasteiger partial charge is 0.493 e. The summed E-state index contributed by atoms with van der Waals surface area (Å²) in [6, 6.07) is 16.3. The smallest absolute Gasteiger partial charge is 0.271 e. The molecule has 1 heterocycles. The molecule has 0 spiro atoms. The maximum atomic E-state index is 11.3. The molecule has 0 atom stereocenters. The average Bonchev–Trinajstić information content (AvgIpc) is 3.31. The summed E-state index contributed by atoms with van der Waals surface area (Å²) in [5.74, 6) is 1.37. The minimum atomic E-state index is -0.381. The number of benzene rings is 2. The summed E-state index contributed by atoms with van der Waals surface area (Å²) in [6.45, 7) is 0.504. The van der Waals surface area contributed by atoms with Gasteiger partial charge in [-0.1, -0.05) is 12.1 Å². The Balaban J connectivity index is 1.73. The summed E-state index contributed by atoms with van der Waals surface area (Å²) >= 11 is 0. The highest BCUT2D eigenvalue weighted by atomic mass is 16.6. The number of hydrogen-bond donors (Lipinski definition) is 0. The van der Waals surface area contributed by atoms with Crippen LogP contribution in [0.4, 0.5) is 17.1 Å². The highest BCUT2D eigenvalue weighted by molar-refractivity contribution is 5.68. The van der Waals surface area contributed by atoms with Gasteiger partial charge >= 0.3 is 0 Å². The average molecular weight is 419 g/mol. The van der Waals surface area contributed by atoms with Crippen LogP contribution in [0, 0.1) is 10.1 Å². The van der Waals surface area contributed by atoms with E-state index in [2.05, 4.69) is 4.98 Å². The highest BCUT2D eigenvalue weighted by Crippen LogP contribution is 2.38. The van der Waals surface area contributed by atoms with Gasteiger partial charge in [-0.05, 0) is 55.5 Å². The van der Waals surface area contributed by atoms with Gasteiger partial charge in [-0.25, -0.2) is 0 Å². The van der Waals surface area contributed by atoms with Crippen molar-refractivity contribution in [2.75, 3.05) is 12.0 Å². The van der Waals surface area contributed by atoms with Gasteiger partial charge in [0.05, 0.1) is 18.1 Å². The number of nitrogens with zero attached hydrogens (tertiary/aromatic N) is 3. The van der Waals surface area contributed by atoms with Crippen LogP contribution in [0.5, 0.6) is 11.5 Å². The Labute approximate surface area is 181 Å².